The van der Waals surface area contributed by atoms with E-state index in [0.717, 1.165) is 33.0 Å². The van der Waals surface area contributed by atoms with Crippen LogP contribution in [0.15, 0.2) is 54.6 Å². The molecule has 8 nitrogen and oxygen atoms in total. The number of rotatable bonds is 4. The molecule has 5 rings (SSSR count). The summed E-state index contributed by atoms with van der Waals surface area (Å²) in [4.78, 5) is 47.7. The summed E-state index contributed by atoms with van der Waals surface area (Å²) in [7, 11) is 0. The van der Waals surface area contributed by atoms with E-state index in [1.807, 2.05) is 54.6 Å². The average Bonchev–Trinajstić information content (AvgIpc) is 2.85. The van der Waals surface area contributed by atoms with Gasteiger partial charge in [-0.25, -0.2) is 0 Å². The Labute approximate surface area is 219 Å². The Balaban J connectivity index is 1.73. The van der Waals surface area contributed by atoms with E-state index >= 15 is 0 Å². The maximum atomic E-state index is 12.1. The van der Waals surface area contributed by atoms with Crippen molar-refractivity contribution in [2.24, 2.45) is 0 Å². The predicted octanol–water partition coefficient (Wildman–Crippen LogP) is 5.29. The highest BCUT2D eigenvalue weighted by Crippen LogP contribution is 2.50. The second-order valence-corrected chi connectivity index (χ2v) is 9.34. The molecule has 0 unspecified atom stereocenters. The van der Waals surface area contributed by atoms with Gasteiger partial charge in [0, 0.05) is 44.4 Å². The van der Waals surface area contributed by atoms with Gasteiger partial charge in [-0.1, -0.05) is 42.5 Å². The fourth-order valence-corrected chi connectivity index (χ4v) is 5.33. The van der Waals surface area contributed by atoms with Crippen LogP contribution < -0.4 is 0 Å². The smallest absolute Gasteiger partial charge is 0.303 e. The van der Waals surface area contributed by atoms with Crippen molar-refractivity contribution in [2.45, 2.75) is 52.1 Å². The molecule has 0 fully saturated rings. The number of esters is 4. The second-order valence-electron chi connectivity index (χ2n) is 9.34. The van der Waals surface area contributed by atoms with Gasteiger partial charge in [-0.05, 0) is 45.7 Å². The van der Waals surface area contributed by atoms with Crippen LogP contribution in [0.2, 0.25) is 0 Å². The predicted molar refractivity (Wildman–Crippen MR) is 137 cm³/mol. The molecule has 8 heteroatoms. The highest BCUT2D eigenvalue weighted by Gasteiger charge is 2.39. The Kier molecular flexibility index (Phi) is 6.48. The van der Waals surface area contributed by atoms with E-state index in [1.165, 1.54) is 27.7 Å². The molecule has 0 bridgehead atoms. The average molecular weight is 515 g/mol. The molecule has 0 spiro atoms. The van der Waals surface area contributed by atoms with E-state index in [9.17, 15) is 19.2 Å². The van der Waals surface area contributed by atoms with Crippen molar-refractivity contribution in [1.82, 2.24) is 0 Å². The third-order valence-electron chi connectivity index (χ3n) is 6.64. The minimum absolute atomic E-state index is 0.481. The van der Waals surface area contributed by atoms with Gasteiger partial charge in [-0.3, -0.25) is 19.2 Å². The van der Waals surface area contributed by atoms with Crippen LogP contribution in [0.25, 0.3) is 28.0 Å². The lowest BCUT2D eigenvalue weighted by Gasteiger charge is -2.35. The topological polar surface area (TPSA) is 105 Å². The summed E-state index contributed by atoms with van der Waals surface area (Å²) < 4.78 is 22.4. The SMILES string of the molecule is CC(=O)O[C@H]1C=Cc2c(ccc3cc4c(cc23)-c2ccccc2[C@@H](OC(C)=O)[C@@H]4OC(C)=O)[C@@H]1OC(C)=O. The fourth-order valence-electron chi connectivity index (χ4n) is 5.33. The molecule has 0 aliphatic heterocycles. The molecule has 0 amide bonds. The van der Waals surface area contributed by atoms with Crippen molar-refractivity contribution in [2.75, 3.05) is 0 Å². The molecule has 0 radical (unpaired) electrons. The zero-order chi connectivity index (χ0) is 27.1. The van der Waals surface area contributed by atoms with E-state index in [4.69, 9.17) is 18.9 Å². The molecule has 0 aromatic heterocycles. The normalized spacial score (nSPS) is 20.9. The van der Waals surface area contributed by atoms with Crippen LogP contribution in [0, 0.1) is 0 Å². The van der Waals surface area contributed by atoms with Crippen LogP contribution in [0.3, 0.4) is 0 Å². The lowest BCUT2D eigenvalue weighted by molar-refractivity contribution is -0.167. The van der Waals surface area contributed by atoms with Gasteiger partial charge in [0.25, 0.3) is 0 Å². The zero-order valence-corrected chi connectivity index (χ0v) is 21.3. The molecule has 4 atom stereocenters. The van der Waals surface area contributed by atoms with Crippen molar-refractivity contribution in [1.29, 1.82) is 0 Å². The van der Waals surface area contributed by atoms with Crippen molar-refractivity contribution >= 4 is 40.7 Å². The first kappa shape index (κ1) is 25.2. The highest BCUT2D eigenvalue weighted by atomic mass is 16.6. The molecule has 3 aromatic rings. The number of carbonyl (C=O) groups excluding carboxylic acids is 4. The number of ether oxygens (including phenoxy) is 4. The van der Waals surface area contributed by atoms with E-state index in [0.29, 0.717) is 11.1 Å². The summed E-state index contributed by atoms with van der Waals surface area (Å²) >= 11 is 0. The van der Waals surface area contributed by atoms with Crippen LogP contribution in [0.5, 0.6) is 0 Å². The van der Waals surface area contributed by atoms with Gasteiger partial charge < -0.3 is 18.9 Å². The third kappa shape index (κ3) is 4.53. The molecule has 0 saturated heterocycles. The lowest BCUT2D eigenvalue weighted by atomic mass is 9.79. The summed E-state index contributed by atoms with van der Waals surface area (Å²) in [5.41, 5.74) is 4.66. The van der Waals surface area contributed by atoms with Crippen molar-refractivity contribution in [3.05, 3.63) is 76.9 Å². The van der Waals surface area contributed by atoms with Gasteiger partial charge in [0.2, 0.25) is 0 Å². The minimum Gasteiger partial charge on any atom is -0.454 e. The van der Waals surface area contributed by atoms with Crippen LogP contribution >= 0.6 is 0 Å². The molecule has 194 valence electrons. The molecule has 0 heterocycles. The van der Waals surface area contributed by atoms with Crippen LogP contribution in [0.4, 0.5) is 0 Å². The van der Waals surface area contributed by atoms with Gasteiger partial charge in [0.05, 0.1) is 0 Å². The highest BCUT2D eigenvalue weighted by molar-refractivity contribution is 5.98. The Morgan fingerprint density at radius 1 is 0.605 bits per heavy atom. The zero-order valence-electron chi connectivity index (χ0n) is 21.3. The first-order valence-corrected chi connectivity index (χ1v) is 12.2. The van der Waals surface area contributed by atoms with Crippen molar-refractivity contribution in [3.8, 4) is 11.1 Å². The van der Waals surface area contributed by atoms with E-state index in [2.05, 4.69) is 0 Å². The first-order chi connectivity index (χ1) is 18.1. The number of carbonyl (C=O) groups is 4. The minimum atomic E-state index is -0.834. The number of benzene rings is 3. The third-order valence-corrected chi connectivity index (χ3v) is 6.64. The molecule has 3 aromatic carbocycles. The van der Waals surface area contributed by atoms with Crippen LogP contribution in [0.1, 0.15) is 68.3 Å². The standard InChI is InChI=1S/C30H26O8/c1-15(31)35-27-12-11-21-23(28(27)36-16(2)32)10-9-19-13-26-25(14-24(19)21)20-7-5-6-8-22(20)29(37-17(3)33)30(26)38-18(4)34/h5-14,27-30H,1-4H3/t27-,28-,29+,30+/m0/s1. The maximum Gasteiger partial charge on any atom is 0.303 e. The van der Waals surface area contributed by atoms with E-state index in [-0.39, 0.29) is 0 Å². The summed E-state index contributed by atoms with van der Waals surface area (Å²) in [6.45, 7) is 5.26. The monoisotopic (exact) mass is 514 g/mol. The van der Waals surface area contributed by atoms with Crippen molar-refractivity contribution < 1.29 is 38.1 Å². The molecule has 38 heavy (non-hydrogen) atoms. The Hall–Kier alpha value is -4.46. The van der Waals surface area contributed by atoms with Gasteiger partial charge in [-0.15, -0.1) is 0 Å². The Morgan fingerprint density at radius 3 is 1.87 bits per heavy atom. The largest absolute Gasteiger partial charge is 0.454 e. The molecule has 0 N–H and O–H groups in total. The van der Waals surface area contributed by atoms with Gasteiger partial charge in [0.15, 0.2) is 24.4 Å². The molecular formula is C30H26O8. The Morgan fingerprint density at radius 2 is 1.21 bits per heavy atom. The summed E-state index contributed by atoms with van der Waals surface area (Å²) in [6, 6.07) is 15.2. The summed E-state index contributed by atoms with van der Waals surface area (Å²) in [6.07, 6.45) is 0.385. The van der Waals surface area contributed by atoms with Crippen LogP contribution in [-0.4, -0.2) is 30.0 Å². The van der Waals surface area contributed by atoms with Gasteiger partial charge in [-0.2, -0.15) is 0 Å². The van der Waals surface area contributed by atoms with Gasteiger partial charge >= 0.3 is 23.9 Å². The molecular weight excluding hydrogens is 488 g/mol. The first-order valence-electron chi connectivity index (χ1n) is 12.2. The number of fused-ring (bicyclic) bond motifs is 6. The van der Waals surface area contributed by atoms with E-state index < -0.39 is 48.3 Å². The summed E-state index contributed by atoms with van der Waals surface area (Å²) in [5, 5.41) is 1.72. The van der Waals surface area contributed by atoms with Crippen LogP contribution in [-0.2, 0) is 38.1 Å². The molecule has 2 aliphatic rings. The molecule has 2 aliphatic carbocycles. The van der Waals surface area contributed by atoms with Crippen molar-refractivity contribution in [3.63, 3.8) is 0 Å². The van der Waals surface area contributed by atoms with Gasteiger partial charge in [0.1, 0.15) is 0 Å². The quantitative estimate of drug-likeness (QED) is 0.342. The summed E-state index contributed by atoms with van der Waals surface area (Å²) in [5.74, 6) is -1.95. The lowest BCUT2D eigenvalue weighted by Crippen LogP contribution is -2.29. The fraction of sp³-hybridized carbons (Fsp3) is 0.267. The number of hydrogen-bond acceptors (Lipinski definition) is 8. The maximum absolute atomic E-state index is 12.1. The number of hydrogen-bond donors (Lipinski definition) is 0. The Bertz CT molecular complexity index is 1520. The molecule has 0 saturated carbocycles. The van der Waals surface area contributed by atoms with E-state index in [1.54, 1.807) is 6.08 Å². The second kappa shape index (κ2) is 9.78.